The Morgan fingerprint density at radius 2 is 1.77 bits per heavy atom. The smallest absolute Gasteiger partial charge is 0.258 e. The van der Waals surface area contributed by atoms with Crippen LogP contribution < -0.4 is 15.5 Å². The maximum atomic E-state index is 13.0. The lowest BCUT2D eigenvalue weighted by atomic mass is 10.0. The number of amides is 1. The number of rotatable bonds is 6. The number of benzene rings is 3. The van der Waals surface area contributed by atoms with E-state index in [1.54, 1.807) is 37.3 Å². The number of carbonyl (C=O) groups is 1. The first kappa shape index (κ1) is 20.3. The van der Waals surface area contributed by atoms with Crippen molar-refractivity contribution in [2.45, 2.75) is 13.5 Å². The van der Waals surface area contributed by atoms with Gasteiger partial charge in [0.25, 0.3) is 5.91 Å². The van der Waals surface area contributed by atoms with Crippen LogP contribution in [0.1, 0.15) is 11.3 Å². The van der Waals surface area contributed by atoms with Crippen LogP contribution in [0.3, 0.4) is 0 Å². The van der Waals surface area contributed by atoms with E-state index in [2.05, 4.69) is 5.32 Å². The number of ether oxygens (including phenoxy) is 1. The number of hydrogen-bond acceptors (Lipinski definition) is 4. The minimum Gasteiger partial charge on any atom is -0.484 e. The molecule has 0 aliphatic heterocycles. The molecule has 0 fully saturated rings. The quantitative estimate of drug-likeness (QED) is 0.498. The highest BCUT2D eigenvalue weighted by molar-refractivity contribution is 5.84. The van der Waals surface area contributed by atoms with E-state index in [0.717, 1.165) is 11.1 Å². The Balaban J connectivity index is 1.46. The zero-order valence-corrected chi connectivity index (χ0v) is 16.9. The second-order valence-electron chi connectivity index (χ2n) is 7.08. The molecule has 1 aromatic heterocycles. The van der Waals surface area contributed by atoms with Crippen LogP contribution in [0.4, 0.5) is 4.39 Å². The van der Waals surface area contributed by atoms with Crippen LogP contribution in [0.25, 0.3) is 22.1 Å². The summed E-state index contributed by atoms with van der Waals surface area (Å²) in [4.78, 5) is 25.0. The van der Waals surface area contributed by atoms with Gasteiger partial charge in [0.15, 0.2) is 6.61 Å². The van der Waals surface area contributed by atoms with Gasteiger partial charge in [-0.25, -0.2) is 4.39 Å². The third kappa shape index (κ3) is 4.64. The summed E-state index contributed by atoms with van der Waals surface area (Å²) in [6.07, 6.45) is 0. The molecule has 0 saturated carbocycles. The van der Waals surface area contributed by atoms with Crippen molar-refractivity contribution in [2.75, 3.05) is 6.61 Å². The molecule has 0 bridgehead atoms. The average Bonchev–Trinajstić information content (AvgIpc) is 2.78. The number of aryl methyl sites for hydroxylation is 1. The lowest BCUT2D eigenvalue weighted by Crippen LogP contribution is -2.28. The van der Waals surface area contributed by atoms with Crippen LogP contribution in [-0.2, 0) is 11.3 Å². The minimum absolute atomic E-state index is 0.117. The van der Waals surface area contributed by atoms with E-state index in [0.29, 0.717) is 28.0 Å². The van der Waals surface area contributed by atoms with Crippen molar-refractivity contribution in [3.8, 4) is 16.9 Å². The minimum atomic E-state index is -0.326. The van der Waals surface area contributed by atoms with E-state index < -0.39 is 0 Å². The summed E-state index contributed by atoms with van der Waals surface area (Å²) < 4.78 is 24.4. The van der Waals surface area contributed by atoms with Crippen LogP contribution in [0, 0.1) is 12.7 Å². The maximum Gasteiger partial charge on any atom is 0.258 e. The summed E-state index contributed by atoms with van der Waals surface area (Å²) in [7, 11) is 0. The Morgan fingerprint density at radius 3 is 2.52 bits per heavy atom. The van der Waals surface area contributed by atoms with Gasteiger partial charge >= 0.3 is 0 Å². The molecule has 4 aromatic rings. The first-order valence-corrected chi connectivity index (χ1v) is 9.78. The van der Waals surface area contributed by atoms with Crippen LogP contribution in [-0.4, -0.2) is 12.5 Å². The highest BCUT2D eigenvalue weighted by Crippen LogP contribution is 2.26. The molecule has 4 rings (SSSR count). The van der Waals surface area contributed by atoms with Crippen LogP contribution in [0.15, 0.2) is 82.0 Å². The van der Waals surface area contributed by atoms with Crippen LogP contribution >= 0.6 is 0 Å². The standard InChI is InChI=1S/C25H20FNO4/c1-16-24(18-5-3-2-4-6-18)25(29)21-12-11-20(13-22(21)31-16)30-15-23(28)27-14-17-7-9-19(26)10-8-17/h2-13H,14-15H2,1H3,(H,27,28). The fraction of sp³-hybridized carbons (Fsp3) is 0.120. The van der Waals surface area contributed by atoms with E-state index in [4.69, 9.17) is 9.15 Å². The molecule has 0 atom stereocenters. The molecule has 1 N–H and O–H groups in total. The summed E-state index contributed by atoms with van der Waals surface area (Å²) in [6.45, 7) is 1.83. The molecule has 0 saturated heterocycles. The second kappa shape index (κ2) is 8.83. The van der Waals surface area contributed by atoms with E-state index in [9.17, 15) is 14.0 Å². The Labute approximate surface area is 178 Å². The zero-order chi connectivity index (χ0) is 21.8. The Kier molecular flexibility index (Phi) is 5.80. The highest BCUT2D eigenvalue weighted by Gasteiger charge is 2.14. The molecule has 0 aliphatic carbocycles. The molecule has 6 heteroatoms. The zero-order valence-electron chi connectivity index (χ0n) is 16.9. The maximum absolute atomic E-state index is 13.0. The third-order valence-corrected chi connectivity index (χ3v) is 4.88. The lowest BCUT2D eigenvalue weighted by molar-refractivity contribution is -0.123. The fourth-order valence-corrected chi connectivity index (χ4v) is 3.32. The predicted molar refractivity (Wildman–Crippen MR) is 116 cm³/mol. The van der Waals surface area contributed by atoms with Gasteiger partial charge in [0.05, 0.1) is 10.9 Å². The number of hydrogen-bond donors (Lipinski definition) is 1. The van der Waals surface area contributed by atoms with Gasteiger partial charge in [0, 0.05) is 12.6 Å². The van der Waals surface area contributed by atoms with Gasteiger partial charge in [-0.15, -0.1) is 0 Å². The molecule has 0 radical (unpaired) electrons. The number of carbonyl (C=O) groups excluding carboxylic acids is 1. The Hall–Kier alpha value is -3.93. The average molecular weight is 417 g/mol. The third-order valence-electron chi connectivity index (χ3n) is 4.88. The van der Waals surface area contributed by atoms with Crippen molar-refractivity contribution in [3.05, 3.63) is 100 Å². The number of halogens is 1. The van der Waals surface area contributed by atoms with Gasteiger partial charge in [-0.2, -0.15) is 0 Å². The van der Waals surface area contributed by atoms with Crippen molar-refractivity contribution >= 4 is 16.9 Å². The summed E-state index contributed by atoms with van der Waals surface area (Å²) in [5.41, 5.74) is 2.39. The molecule has 0 spiro atoms. The molecular weight excluding hydrogens is 397 g/mol. The van der Waals surface area contributed by atoms with E-state index >= 15 is 0 Å². The summed E-state index contributed by atoms with van der Waals surface area (Å²) >= 11 is 0. The Morgan fingerprint density at radius 1 is 1.03 bits per heavy atom. The van der Waals surface area contributed by atoms with Gasteiger partial charge in [-0.1, -0.05) is 42.5 Å². The fourth-order valence-electron chi connectivity index (χ4n) is 3.32. The van der Waals surface area contributed by atoms with E-state index in [-0.39, 0.29) is 30.3 Å². The molecule has 0 aliphatic rings. The summed E-state index contributed by atoms with van der Waals surface area (Å²) in [6, 6.07) is 20.1. The molecule has 31 heavy (non-hydrogen) atoms. The molecule has 156 valence electrons. The van der Waals surface area contributed by atoms with Gasteiger partial charge in [0.1, 0.15) is 22.9 Å². The van der Waals surface area contributed by atoms with Crippen LogP contribution in [0.5, 0.6) is 5.75 Å². The largest absolute Gasteiger partial charge is 0.484 e. The number of nitrogens with one attached hydrogen (secondary N) is 1. The molecule has 3 aromatic carbocycles. The van der Waals surface area contributed by atoms with Crippen molar-refractivity contribution in [3.63, 3.8) is 0 Å². The normalized spacial score (nSPS) is 10.8. The van der Waals surface area contributed by atoms with Gasteiger partial charge in [0.2, 0.25) is 5.43 Å². The molecule has 5 nitrogen and oxygen atoms in total. The van der Waals surface area contributed by atoms with Crippen LogP contribution in [0.2, 0.25) is 0 Å². The van der Waals surface area contributed by atoms with Crippen molar-refractivity contribution < 1.29 is 18.3 Å². The van der Waals surface area contributed by atoms with E-state index in [1.165, 1.54) is 12.1 Å². The Bertz CT molecular complexity index is 1280. The molecule has 1 heterocycles. The molecule has 1 amide bonds. The lowest BCUT2D eigenvalue weighted by Gasteiger charge is -2.10. The van der Waals surface area contributed by atoms with E-state index in [1.807, 2.05) is 30.3 Å². The topological polar surface area (TPSA) is 68.5 Å². The SMILES string of the molecule is Cc1oc2cc(OCC(=O)NCc3ccc(F)cc3)ccc2c(=O)c1-c1ccccc1. The number of fused-ring (bicyclic) bond motifs is 1. The van der Waals surface area contributed by atoms with Gasteiger partial charge in [-0.3, -0.25) is 9.59 Å². The molecule has 0 unspecified atom stereocenters. The van der Waals surface area contributed by atoms with Crippen molar-refractivity contribution in [1.82, 2.24) is 5.32 Å². The first-order valence-electron chi connectivity index (χ1n) is 9.78. The first-order chi connectivity index (χ1) is 15.0. The monoisotopic (exact) mass is 417 g/mol. The van der Waals surface area contributed by atoms with Gasteiger partial charge < -0.3 is 14.5 Å². The van der Waals surface area contributed by atoms with Crippen molar-refractivity contribution in [1.29, 1.82) is 0 Å². The molecular formula is C25H20FNO4. The predicted octanol–water partition coefficient (Wildman–Crippen LogP) is 4.60. The van der Waals surface area contributed by atoms with Gasteiger partial charge in [-0.05, 0) is 42.3 Å². The second-order valence-corrected chi connectivity index (χ2v) is 7.08. The summed E-state index contributed by atoms with van der Waals surface area (Å²) in [5, 5.41) is 3.15. The van der Waals surface area contributed by atoms with Crippen molar-refractivity contribution in [2.24, 2.45) is 0 Å². The highest BCUT2D eigenvalue weighted by atomic mass is 19.1. The summed E-state index contributed by atoms with van der Waals surface area (Å²) in [5.74, 6) is 0.284.